The Labute approximate surface area is 144 Å². The zero-order valence-electron chi connectivity index (χ0n) is 14.0. The lowest BCUT2D eigenvalue weighted by Crippen LogP contribution is -2.46. The molecule has 1 saturated heterocycles. The van der Waals surface area contributed by atoms with Crippen molar-refractivity contribution in [2.24, 2.45) is 11.3 Å². The van der Waals surface area contributed by atoms with E-state index in [1.54, 1.807) is 4.90 Å². The maximum absolute atomic E-state index is 12.8. The van der Waals surface area contributed by atoms with Gasteiger partial charge in [0.25, 0.3) is 0 Å². The van der Waals surface area contributed by atoms with Gasteiger partial charge in [-0.3, -0.25) is 9.59 Å². The van der Waals surface area contributed by atoms with E-state index in [1.165, 1.54) is 12.1 Å². The van der Waals surface area contributed by atoms with E-state index >= 15 is 0 Å². The molecule has 0 atom stereocenters. The van der Waals surface area contributed by atoms with E-state index in [4.69, 9.17) is 0 Å². The Kier molecular flexibility index (Phi) is 4.51. The molecule has 1 heterocycles. The molecule has 3 rings (SSSR count). The number of carbonyl (C=O) groups is 2. The van der Waals surface area contributed by atoms with Crippen LogP contribution < -0.4 is 5.32 Å². The first-order valence-electron chi connectivity index (χ1n) is 8.50. The zero-order chi connectivity index (χ0) is 18.2. The summed E-state index contributed by atoms with van der Waals surface area (Å²) in [5, 5.41) is 2.50. The van der Waals surface area contributed by atoms with Crippen LogP contribution in [0.4, 0.5) is 18.9 Å². The number of anilines is 1. The Hall–Kier alpha value is -2.05. The van der Waals surface area contributed by atoms with Crippen molar-refractivity contribution in [1.29, 1.82) is 0 Å². The van der Waals surface area contributed by atoms with Crippen LogP contribution in [0, 0.1) is 11.3 Å². The van der Waals surface area contributed by atoms with Crippen LogP contribution >= 0.6 is 0 Å². The lowest BCUT2D eigenvalue weighted by atomic mass is 9.96. The summed E-state index contributed by atoms with van der Waals surface area (Å²) in [6.45, 7) is 3.41. The number of nitrogens with zero attached hydrogens (tertiary/aromatic N) is 1. The maximum atomic E-state index is 12.8. The summed E-state index contributed by atoms with van der Waals surface area (Å²) in [7, 11) is 0. The molecule has 1 aliphatic heterocycles. The van der Waals surface area contributed by atoms with Gasteiger partial charge in [0.05, 0.1) is 5.56 Å². The minimum absolute atomic E-state index is 0.0613. The van der Waals surface area contributed by atoms with Gasteiger partial charge in [0.15, 0.2) is 0 Å². The molecule has 0 radical (unpaired) electrons. The van der Waals surface area contributed by atoms with Crippen LogP contribution in [0.25, 0.3) is 0 Å². The van der Waals surface area contributed by atoms with Gasteiger partial charge in [0, 0.05) is 18.8 Å². The second-order valence-corrected chi connectivity index (χ2v) is 7.09. The molecule has 2 amide bonds. The SMILES string of the molecule is CC1CCN(C(=O)C2(C(=O)Nc3cccc(C(F)(F)F)c3)CC2)CC1. The van der Waals surface area contributed by atoms with E-state index in [0.29, 0.717) is 31.8 Å². The van der Waals surface area contributed by atoms with Crippen LogP contribution in [0.1, 0.15) is 38.2 Å². The summed E-state index contributed by atoms with van der Waals surface area (Å²) in [5.74, 6) is -0.127. The third-order valence-electron chi connectivity index (χ3n) is 5.11. The number of carbonyl (C=O) groups excluding carboxylic acids is 2. The van der Waals surface area contributed by atoms with Crippen molar-refractivity contribution in [2.75, 3.05) is 18.4 Å². The number of likely N-dealkylation sites (tertiary alicyclic amines) is 1. The van der Waals surface area contributed by atoms with E-state index < -0.39 is 23.1 Å². The third kappa shape index (κ3) is 3.65. The second-order valence-electron chi connectivity index (χ2n) is 7.09. The van der Waals surface area contributed by atoms with Crippen LogP contribution in [-0.2, 0) is 15.8 Å². The van der Waals surface area contributed by atoms with Gasteiger partial charge in [-0.1, -0.05) is 13.0 Å². The summed E-state index contributed by atoms with van der Waals surface area (Å²) >= 11 is 0. The van der Waals surface area contributed by atoms with E-state index in [9.17, 15) is 22.8 Å². The van der Waals surface area contributed by atoms with Gasteiger partial charge < -0.3 is 10.2 Å². The molecule has 0 spiro atoms. The van der Waals surface area contributed by atoms with Gasteiger partial charge in [-0.15, -0.1) is 0 Å². The highest BCUT2D eigenvalue weighted by Crippen LogP contribution is 2.48. The predicted molar refractivity (Wildman–Crippen MR) is 86.7 cm³/mol. The molecular weight excluding hydrogens is 333 g/mol. The van der Waals surface area contributed by atoms with Crippen molar-refractivity contribution >= 4 is 17.5 Å². The number of piperidine rings is 1. The Morgan fingerprint density at radius 3 is 2.40 bits per heavy atom. The molecule has 136 valence electrons. The van der Waals surface area contributed by atoms with Crippen molar-refractivity contribution in [3.05, 3.63) is 29.8 Å². The van der Waals surface area contributed by atoms with Gasteiger partial charge in [-0.05, 0) is 49.8 Å². The molecule has 25 heavy (non-hydrogen) atoms. The standard InChI is InChI=1S/C18H21F3N2O2/c1-12-5-9-23(10-6-12)16(25)17(7-8-17)15(24)22-14-4-2-3-13(11-14)18(19,20)21/h2-4,11-12H,5-10H2,1H3,(H,22,24). The highest BCUT2D eigenvalue weighted by molar-refractivity contribution is 6.13. The van der Waals surface area contributed by atoms with Crippen LogP contribution in [-0.4, -0.2) is 29.8 Å². The fourth-order valence-corrected chi connectivity index (χ4v) is 3.20. The molecule has 0 bridgehead atoms. The molecule has 1 aromatic rings. The van der Waals surface area contributed by atoms with Crippen LogP contribution in [0.3, 0.4) is 0 Å². The van der Waals surface area contributed by atoms with Gasteiger partial charge in [-0.2, -0.15) is 13.2 Å². The molecule has 1 aromatic carbocycles. The summed E-state index contributed by atoms with van der Waals surface area (Å²) in [4.78, 5) is 27.0. The molecule has 2 aliphatic rings. The molecule has 0 aromatic heterocycles. The Morgan fingerprint density at radius 1 is 1.20 bits per heavy atom. The zero-order valence-corrected chi connectivity index (χ0v) is 14.0. The van der Waals surface area contributed by atoms with Crippen molar-refractivity contribution in [1.82, 2.24) is 4.90 Å². The average molecular weight is 354 g/mol. The number of rotatable bonds is 3. The van der Waals surface area contributed by atoms with E-state index in [0.717, 1.165) is 25.0 Å². The minimum atomic E-state index is -4.47. The first-order chi connectivity index (χ1) is 11.7. The summed E-state index contributed by atoms with van der Waals surface area (Å²) in [6.07, 6.45) is -1.75. The minimum Gasteiger partial charge on any atom is -0.342 e. The Balaban J connectivity index is 1.70. The van der Waals surface area contributed by atoms with Gasteiger partial charge in [0.2, 0.25) is 11.8 Å². The van der Waals surface area contributed by atoms with Crippen molar-refractivity contribution in [3.63, 3.8) is 0 Å². The quantitative estimate of drug-likeness (QED) is 0.842. The number of halogens is 3. The first kappa shape index (κ1) is 17.8. The maximum Gasteiger partial charge on any atom is 0.416 e. The highest BCUT2D eigenvalue weighted by Gasteiger charge is 2.58. The lowest BCUT2D eigenvalue weighted by molar-refractivity contribution is -0.143. The molecule has 1 saturated carbocycles. The van der Waals surface area contributed by atoms with Gasteiger partial charge in [-0.25, -0.2) is 0 Å². The topological polar surface area (TPSA) is 49.4 Å². The largest absolute Gasteiger partial charge is 0.416 e. The van der Waals surface area contributed by atoms with Crippen molar-refractivity contribution < 1.29 is 22.8 Å². The monoisotopic (exact) mass is 354 g/mol. The predicted octanol–water partition coefficient (Wildman–Crippen LogP) is 3.68. The molecule has 1 aliphatic carbocycles. The lowest BCUT2D eigenvalue weighted by Gasteiger charge is -2.32. The molecular formula is C18H21F3N2O2. The number of benzene rings is 1. The number of amides is 2. The number of alkyl halides is 3. The number of hydrogen-bond acceptors (Lipinski definition) is 2. The fourth-order valence-electron chi connectivity index (χ4n) is 3.20. The molecule has 4 nitrogen and oxygen atoms in total. The molecule has 0 unspecified atom stereocenters. The van der Waals surface area contributed by atoms with Gasteiger partial charge in [0.1, 0.15) is 5.41 Å². The fraction of sp³-hybridized carbons (Fsp3) is 0.556. The first-order valence-corrected chi connectivity index (χ1v) is 8.50. The summed E-state index contributed by atoms with van der Waals surface area (Å²) in [6, 6.07) is 4.48. The smallest absolute Gasteiger partial charge is 0.342 e. The van der Waals surface area contributed by atoms with E-state index in [-0.39, 0.29) is 11.6 Å². The molecule has 2 fully saturated rings. The number of hydrogen-bond donors (Lipinski definition) is 1. The third-order valence-corrected chi connectivity index (χ3v) is 5.11. The summed E-state index contributed by atoms with van der Waals surface area (Å²) < 4.78 is 38.3. The van der Waals surface area contributed by atoms with Crippen LogP contribution in [0.15, 0.2) is 24.3 Å². The van der Waals surface area contributed by atoms with Crippen LogP contribution in [0.2, 0.25) is 0 Å². The second kappa shape index (κ2) is 6.35. The van der Waals surface area contributed by atoms with Gasteiger partial charge >= 0.3 is 6.18 Å². The highest BCUT2D eigenvalue weighted by atomic mass is 19.4. The molecule has 7 heteroatoms. The Bertz CT molecular complexity index is 675. The van der Waals surface area contributed by atoms with E-state index in [2.05, 4.69) is 12.2 Å². The normalized spacial score (nSPS) is 20.2. The Morgan fingerprint density at radius 2 is 1.84 bits per heavy atom. The van der Waals surface area contributed by atoms with Crippen molar-refractivity contribution in [3.8, 4) is 0 Å². The number of nitrogens with one attached hydrogen (secondary N) is 1. The average Bonchev–Trinajstić information content (AvgIpc) is 3.36. The van der Waals surface area contributed by atoms with E-state index in [1.807, 2.05) is 0 Å². The molecule has 1 N–H and O–H groups in total. The summed E-state index contributed by atoms with van der Waals surface area (Å²) in [5.41, 5.74) is -1.87. The van der Waals surface area contributed by atoms with Crippen LogP contribution in [0.5, 0.6) is 0 Å². The van der Waals surface area contributed by atoms with Crippen molar-refractivity contribution in [2.45, 2.75) is 38.8 Å².